The molecule has 2 N–H and O–H groups in total. The molecule has 0 spiro atoms. The topological polar surface area (TPSA) is 86.5 Å². The van der Waals surface area contributed by atoms with E-state index in [1.807, 2.05) is 11.8 Å². The highest BCUT2D eigenvalue weighted by atomic mass is 16.4. The van der Waals surface area contributed by atoms with Gasteiger partial charge < -0.3 is 15.1 Å². The van der Waals surface area contributed by atoms with Gasteiger partial charge in [0.15, 0.2) is 11.5 Å². The highest BCUT2D eigenvalue weighted by Crippen LogP contribution is 2.13. The first kappa shape index (κ1) is 13.4. The summed E-state index contributed by atoms with van der Waals surface area (Å²) >= 11 is 0. The molecule has 6 heteroatoms. The van der Waals surface area contributed by atoms with E-state index < -0.39 is 11.6 Å². The monoisotopic (exact) mass is 239 g/mol. The Kier molecular flexibility index (Phi) is 4.01. The summed E-state index contributed by atoms with van der Waals surface area (Å²) in [7, 11) is 0. The van der Waals surface area contributed by atoms with Crippen molar-refractivity contribution in [1.82, 2.24) is 10.2 Å². The fourth-order valence-corrected chi connectivity index (χ4v) is 1.43. The van der Waals surface area contributed by atoms with E-state index in [4.69, 9.17) is 5.11 Å². The molecule has 0 fully saturated rings. The molecule has 17 heavy (non-hydrogen) atoms. The molecule has 0 saturated carbocycles. The summed E-state index contributed by atoms with van der Waals surface area (Å²) in [5.41, 5.74) is -0.934. The van der Waals surface area contributed by atoms with Gasteiger partial charge in [-0.1, -0.05) is 0 Å². The first-order valence-corrected chi connectivity index (χ1v) is 5.38. The van der Waals surface area contributed by atoms with Crippen LogP contribution in [0.5, 0.6) is 0 Å². The normalized spacial score (nSPS) is 11.3. The number of anilines is 1. The number of aromatic nitrogens is 2. The first-order valence-electron chi connectivity index (χ1n) is 5.38. The molecule has 0 amide bonds. The van der Waals surface area contributed by atoms with Gasteiger partial charge in [0.25, 0.3) is 0 Å². The minimum absolute atomic E-state index is 0.0898. The predicted octanol–water partition coefficient (Wildman–Crippen LogP) is 0.772. The number of aliphatic hydroxyl groups is 1. The number of aromatic carboxylic acids is 1. The van der Waals surface area contributed by atoms with E-state index >= 15 is 0 Å². The van der Waals surface area contributed by atoms with Crippen molar-refractivity contribution in [2.75, 3.05) is 18.0 Å². The lowest BCUT2D eigenvalue weighted by Crippen LogP contribution is -2.39. The number of rotatable bonds is 5. The third-order valence-electron chi connectivity index (χ3n) is 2.15. The van der Waals surface area contributed by atoms with E-state index in [2.05, 4.69) is 10.2 Å². The van der Waals surface area contributed by atoms with E-state index in [0.717, 1.165) is 0 Å². The predicted molar refractivity (Wildman–Crippen MR) is 63.2 cm³/mol. The Morgan fingerprint density at radius 2 is 2.06 bits per heavy atom. The van der Waals surface area contributed by atoms with Crippen molar-refractivity contribution in [3.05, 3.63) is 17.8 Å². The molecule has 1 aromatic rings. The Balaban J connectivity index is 2.86. The molecule has 0 unspecified atom stereocenters. The van der Waals surface area contributed by atoms with Crippen molar-refractivity contribution in [1.29, 1.82) is 0 Å². The smallest absolute Gasteiger partial charge is 0.356 e. The van der Waals surface area contributed by atoms with Gasteiger partial charge in [-0.2, -0.15) is 0 Å². The minimum Gasteiger partial charge on any atom is -0.476 e. The van der Waals surface area contributed by atoms with Crippen LogP contribution in [0.2, 0.25) is 0 Å². The van der Waals surface area contributed by atoms with E-state index in [9.17, 15) is 9.90 Å². The van der Waals surface area contributed by atoms with Crippen molar-refractivity contribution in [2.45, 2.75) is 26.4 Å². The molecule has 0 aromatic carbocycles. The molecule has 1 aromatic heterocycles. The maximum absolute atomic E-state index is 10.6. The summed E-state index contributed by atoms with van der Waals surface area (Å²) in [5, 5.41) is 25.9. The molecule has 1 rings (SSSR count). The van der Waals surface area contributed by atoms with Crippen molar-refractivity contribution in [3.8, 4) is 0 Å². The third-order valence-corrected chi connectivity index (χ3v) is 2.15. The summed E-state index contributed by atoms with van der Waals surface area (Å²) in [4.78, 5) is 12.5. The summed E-state index contributed by atoms with van der Waals surface area (Å²) in [6, 6.07) is 2.99. The van der Waals surface area contributed by atoms with Crippen molar-refractivity contribution in [2.24, 2.45) is 0 Å². The summed E-state index contributed by atoms with van der Waals surface area (Å²) < 4.78 is 0. The second kappa shape index (κ2) is 5.09. The maximum atomic E-state index is 10.6. The SMILES string of the molecule is CCN(CC(C)(C)O)c1ccc(C(=O)O)nn1. The van der Waals surface area contributed by atoms with Gasteiger partial charge in [-0.15, -0.1) is 10.2 Å². The molecule has 94 valence electrons. The molecule has 0 bridgehead atoms. The van der Waals surface area contributed by atoms with Crippen molar-refractivity contribution < 1.29 is 15.0 Å². The van der Waals surface area contributed by atoms with E-state index in [-0.39, 0.29) is 5.69 Å². The fourth-order valence-electron chi connectivity index (χ4n) is 1.43. The van der Waals surface area contributed by atoms with Gasteiger partial charge in [0.1, 0.15) is 0 Å². The molecule has 0 aliphatic carbocycles. The zero-order valence-corrected chi connectivity index (χ0v) is 10.2. The lowest BCUT2D eigenvalue weighted by atomic mass is 10.1. The molecular formula is C11H17N3O3. The van der Waals surface area contributed by atoms with Crippen LogP contribution >= 0.6 is 0 Å². The second-order valence-corrected chi connectivity index (χ2v) is 4.41. The van der Waals surface area contributed by atoms with E-state index in [1.165, 1.54) is 6.07 Å². The Labute approximate surface area is 99.9 Å². The molecule has 1 heterocycles. The quantitative estimate of drug-likeness (QED) is 0.789. The van der Waals surface area contributed by atoms with Crippen LogP contribution in [0.15, 0.2) is 12.1 Å². The zero-order chi connectivity index (χ0) is 13.1. The number of hydrogen-bond donors (Lipinski definition) is 2. The molecular weight excluding hydrogens is 222 g/mol. The number of carbonyl (C=O) groups is 1. The number of nitrogens with zero attached hydrogens (tertiary/aromatic N) is 3. The first-order chi connectivity index (χ1) is 7.83. The molecule has 0 atom stereocenters. The van der Waals surface area contributed by atoms with Crippen LogP contribution in [-0.4, -0.2) is 45.1 Å². The summed E-state index contributed by atoms with van der Waals surface area (Å²) in [5.74, 6) is -0.547. The summed E-state index contributed by atoms with van der Waals surface area (Å²) in [6.07, 6.45) is 0. The minimum atomic E-state index is -1.10. The third kappa shape index (κ3) is 3.99. The van der Waals surface area contributed by atoms with Crippen molar-refractivity contribution >= 4 is 11.8 Å². The van der Waals surface area contributed by atoms with Gasteiger partial charge in [0.05, 0.1) is 5.60 Å². The number of carboxylic acids is 1. The molecule has 6 nitrogen and oxygen atoms in total. The van der Waals surface area contributed by atoms with Gasteiger partial charge in [-0.3, -0.25) is 0 Å². The lowest BCUT2D eigenvalue weighted by molar-refractivity contribution is 0.0688. The molecule has 0 radical (unpaired) electrons. The number of hydrogen-bond acceptors (Lipinski definition) is 5. The van der Waals surface area contributed by atoms with E-state index in [1.54, 1.807) is 19.9 Å². The number of likely N-dealkylation sites (N-methyl/N-ethyl adjacent to an activating group) is 1. The zero-order valence-electron chi connectivity index (χ0n) is 10.2. The standard InChI is InChI=1S/C11H17N3O3/c1-4-14(7-11(2,3)17)9-6-5-8(10(15)16)12-13-9/h5-6,17H,4,7H2,1-3H3,(H,15,16). The average molecular weight is 239 g/mol. The second-order valence-electron chi connectivity index (χ2n) is 4.41. The average Bonchev–Trinajstić information content (AvgIpc) is 2.25. The Morgan fingerprint density at radius 1 is 1.41 bits per heavy atom. The number of carboxylic acid groups (broad SMARTS) is 1. The molecule has 0 aliphatic heterocycles. The van der Waals surface area contributed by atoms with E-state index in [0.29, 0.717) is 18.9 Å². The summed E-state index contributed by atoms with van der Waals surface area (Å²) in [6.45, 7) is 6.40. The van der Waals surface area contributed by atoms with Crippen LogP contribution in [0.25, 0.3) is 0 Å². The van der Waals surface area contributed by atoms with Gasteiger partial charge in [-0.25, -0.2) is 4.79 Å². The largest absolute Gasteiger partial charge is 0.476 e. The van der Waals surface area contributed by atoms with Crippen LogP contribution in [0, 0.1) is 0 Å². The van der Waals surface area contributed by atoms with Crippen LogP contribution in [0.1, 0.15) is 31.3 Å². The fraction of sp³-hybridized carbons (Fsp3) is 0.545. The van der Waals surface area contributed by atoms with Gasteiger partial charge >= 0.3 is 5.97 Å². The van der Waals surface area contributed by atoms with Crippen LogP contribution in [-0.2, 0) is 0 Å². The molecule has 0 saturated heterocycles. The van der Waals surface area contributed by atoms with Gasteiger partial charge in [0, 0.05) is 13.1 Å². The van der Waals surface area contributed by atoms with Crippen LogP contribution < -0.4 is 4.90 Å². The highest BCUT2D eigenvalue weighted by Gasteiger charge is 2.19. The van der Waals surface area contributed by atoms with Gasteiger partial charge in [0.2, 0.25) is 0 Å². The highest BCUT2D eigenvalue weighted by molar-refractivity contribution is 5.85. The van der Waals surface area contributed by atoms with Crippen molar-refractivity contribution in [3.63, 3.8) is 0 Å². The van der Waals surface area contributed by atoms with Crippen LogP contribution in [0.3, 0.4) is 0 Å². The Bertz CT molecular complexity index is 384. The lowest BCUT2D eigenvalue weighted by Gasteiger charge is -2.28. The Morgan fingerprint density at radius 3 is 2.41 bits per heavy atom. The molecule has 0 aliphatic rings. The maximum Gasteiger partial charge on any atom is 0.356 e. The van der Waals surface area contributed by atoms with Crippen LogP contribution in [0.4, 0.5) is 5.82 Å². The Hall–Kier alpha value is -1.69. The van der Waals surface area contributed by atoms with Gasteiger partial charge in [-0.05, 0) is 32.9 Å².